The van der Waals surface area contributed by atoms with Crippen LogP contribution in [0.1, 0.15) is 44.9 Å². The highest BCUT2D eigenvalue weighted by molar-refractivity contribution is 5.75. The van der Waals surface area contributed by atoms with Crippen LogP contribution in [-0.4, -0.2) is 31.7 Å². The Hall–Kier alpha value is -0.610. The fourth-order valence-electron chi connectivity index (χ4n) is 1.96. The van der Waals surface area contributed by atoms with Crippen molar-refractivity contribution >= 4 is 5.91 Å². The monoisotopic (exact) mass is 228 g/mol. The quantitative estimate of drug-likeness (QED) is 0.613. The molecule has 16 heavy (non-hydrogen) atoms. The Morgan fingerprint density at radius 3 is 2.75 bits per heavy atom. The van der Waals surface area contributed by atoms with Crippen LogP contribution < -0.4 is 11.1 Å². The molecule has 0 aliphatic heterocycles. The lowest BCUT2D eigenvalue weighted by Crippen LogP contribution is -2.26. The van der Waals surface area contributed by atoms with Gasteiger partial charge in [-0.1, -0.05) is 12.8 Å². The molecule has 0 bridgehead atoms. The number of hydrogen-bond acceptors (Lipinski definition) is 3. The van der Waals surface area contributed by atoms with Crippen LogP contribution in [0.3, 0.4) is 0 Å². The minimum atomic E-state index is 0.103. The summed E-state index contributed by atoms with van der Waals surface area (Å²) in [6.07, 6.45) is 7.73. The zero-order valence-electron chi connectivity index (χ0n) is 10.0. The Kier molecular flexibility index (Phi) is 7.17. The van der Waals surface area contributed by atoms with E-state index in [4.69, 9.17) is 10.5 Å². The predicted octanol–water partition coefficient (Wildman–Crippen LogP) is 1.19. The van der Waals surface area contributed by atoms with Gasteiger partial charge in [0.25, 0.3) is 0 Å². The van der Waals surface area contributed by atoms with Gasteiger partial charge in [-0.05, 0) is 32.2 Å². The van der Waals surface area contributed by atoms with Gasteiger partial charge < -0.3 is 15.8 Å². The first-order chi connectivity index (χ1) is 7.83. The van der Waals surface area contributed by atoms with Gasteiger partial charge in [-0.3, -0.25) is 4.79 Å². The molecule has 3 N–H and O–H groups in total. The van der Waals surface area contributed by atoms with Gasteiger partial charge in [0.1, 0.15) is 0 Å². The standard InChI is InChI=1S/C12H24N2O2/c13-8-3-7-12(15)14-9-4-10-16-11-5-1-2-6-11/h11H,1-10,13H2,(H,14,15). The van der Waals surface area contributed by atoms with Gasteiger partial charge in [0.2, 0.25) is 5.91 Å². The molecule has 0 atom stereocenters. The van der Waals surface area contributed by atoms with Crippen LogP contribution in [-0.2, 0) is 9.53 Å². The Bertz CT molecular complexity index is 191. The van der Waals surface area contributed by atoms with Crippen molar-refractivity contribution in [3.8, 4) is 0 Å². The molecule has 0 aromatic heterocycles. The highest BCUT2D eigenvalue weighted by Gasteiger charge is 2.14. The molecule has 0 aromatic rings. The average molecular weight is 228 g/mol. The molecule has 4 nitrogen and oxygen atoms in total. The Balaban J connectivity index is 1.85. The number of carbonyl (C=O) groups excluding carboxylic acids is 1. The van der Waals surface area contributed by atoms with E-state index in [2.05, 4.69) is 5.32 Å². The van der Waals surface area contributed by atoms with Crippen LogP contribution in [0, 0.1) is 0 Å². The van der Waals surface area contributed by atoms with Gasteiger partial charge in [0, 0.05) is 19.6 Å². The highest BCUT2D eigenvalue weighted by atomic mass is 16.5. The fourth-order valence-corrected chi connectivity index (χ4v) is 1.96. The third kappa shape index (κ3) is 6.08. The lowest BCUT2D eigenvalue weighted by Gasteiger charge is -2.11. The van der Waals surface area contributed by atoms with E-state index in [1.807, 2.05) is 0 Å². The van der Waals surface area contributed by atoms with Gasteiger partial charge >= 0.3 is 0 Å². The zero-order valence-corrected chi connectivity index (χ0v) is 10.0. The maximum absolute atomic E-state index is 11.2. The van der Waals surface area contributed by atoms with Gasteiger partial charge in [0.05, 0.1) is 6.10 Å². The lowest BCUT2D eigenvalue weighted by molar-refractivity contribution is -0.121. The number of amides is 1. The summed E-state index contributed by atoms with van der Waals surface area (Å²) in [6, 6.07) is 0. The summed E-state index contributed by atoms with van der Waals surface area (Å²) in [7, 11) is 0. The molecule has 0 saturated heterocycles. The molecule has 4 heteroatoms. The minimum Gasteiger partial charge on any atom is -0.378 e. The normalized spacial score (nSPS) is 16.6. The molecule has 1 rings (SSSR count). The highest BCUT2D eigenvalue weighted by Crippen LogP contribution is 2.20. The smallest absolute Gasteiger partial charge is 0.220 e. The maximum atomic E-state index is 11.2. The van der Waals surface area contributed by atoms with E-state index in [1.165, 1.54) is 25.7 Å². The second-order valence-corrected chi connectivity index (χ2v) is 4.37. The van der Waals surface area contributed by atoms with Gasteiger partial charge in [-0.15, -0.1) is 0 Å². The van der Waals surface area contributed by atoms with Crippen molar-refractivity contribution < 1.29 is 9.53 Å². The molecule has 0 unspecified atom stereocenters. The van der Waals surface area contributed by atoms with Crippen LogP contribution in [0.5, 0.6) is 0 Å². The Labute approximate surface area is 97.9 Å². The van der Waals surface area contributed by atoms with Crippen molar-refractivity contribution in [2.45, 2.75) is 51.0 Å². The lowest BCUT2D eigenvalue weighted by atomic mass is 10.3. The van der Waals surface area contributed by atoms with E-state index < -0.39 is 0 Å². The first-order valence-corrected chi connectivity index (χ1v) is 6.41. The average Bonchev–Trinajstić information content (AvgIpc) is 2.79. The van der Waals surface area contributed by atoms with Gasteiger partial charge in [0.15, 0.2) is 0 Å². The molecular formula is C12H24N2O2. The van der Waals surface area contributed by atoms with Crippen molar-refractivity contribution in [3.05, 3.63) is 0 Å². The van der Waals surface area contributed by atoms with Crippen LogP contribution in [0.4, 0.5) is 0 Å². The number of hydrogen-bond donors (Lipinski definition) is 2. The van der Waals surface area contributed by atoms with Crippen LogP contribution >= 0.6 is 0 Å². The molecule has 1 aliphatic rings. The number of nitrogens with two attached hydrogens (primary N) is 1. The largest absolute Gasteiger partial charge is 0.378 e. The third-order valence-electron chi connectivity index (χ3n) is 2.91. The second-order valence-electron chi connectivity index (χ2n) is 4.37. The second kappa shape index (κ2) is 8.53. The number of nitrogens with one attached hydrogen (secondary N) is 1. The van der Waals surface area contributed by atoms with Crippen LogP contribution in [0.25, 0.3) is 0 Å². The number of ether oxygens (including phenoxy) is 1. The molecule has 94 valence electrons. The van der Waals surface area contributed by atoms with Crippen molar-refractivity contribution in [2.24, 2.45) is 5.73 Å². The first kappa shape index (κ1) is 13.5. The Morgan fingerprint density at radius 1 is 1.31 bits per heavy atom. The molecule has 1 aliphatic carbocycles. The SMILES string of the molecule is NCCCC(=O)NCCCOC1CCCC1. The van der Waals surface area contributed by atoms with E-state index in [0.717, 1.165) is 26.0 Å². The van der Waals surface area contributed by atoms with E-state index in [9.17, 15) is 4.79 Å². The van der Waals surface area contributed by atoms with Crippen molar-refractivity contribution in [1.82, 2.24) is 5.32 Å². The molecule has 1 fully saturated rings. The van der Waals surface area contributed by atoms with Crippen molar-refractivity contribution in [1.29, 1.82) is 0 Å². The maximum Gasteiger partial charge on any atom is 0.220 e. The number of carbonyl (C=O) groups is 1. The molecule has 1 amide bonds. The van der Waals surface area contributed by atoms with E-state index >= 15 is 0 Å². The molecule has 0 heterocycles. The molecule has 1 saturated carbocycles. The Morgan fingerprint density at radius 2 is 2.06 bits per heavy atom. The van der Waals surface area contributed by atoms with E-state index in [0.29, 0.717) is 19.1 Å². The summed E-state index contributed by atoms with van der Waals surface area (Å²) in [4.78, 5) is 11.2. The molecule has 0 radical (unpaired) electrons. The summed E-state index contributed by atoms with van der Waals surface area (Å²) in [5.41, 5.74) is 5.32. The topological polar surface area (TPSA) is 64.4 Å². The predicted molar refractivity (Wildman–Crippen MR) is 64.1 cm³/mol. The summed E-state index contributed by atoms with van der Waals surface area (Å²) < 4.78 is 5.69. The number of rotatable bonds is 8. The summed E-state index contributed by atoms with van der Waals surface area (Å²) in [5, 5.41) is 2.87. The van der Waals surface area contributed by atoms with Crippen molar-refractivity contribution in [2.75, 3.05) is 19.7 Å². The summed E-state index contributed by atoms with van der Waals surface area (Å²) in [5.74, 6) is 0.103. The fraction of sp³-hybridized carbons (Fsp3) is 0.917. The molecule has 0 aromatic carbocycles. The van der Waals surface area contributed by atoms with E-state index in [1.54, 1.807) is 0 Å². The summed E-state index contributed by atoms with van der Waals surface area (Å²) >= 11 is 0. The van der Waals surface area contributed by atoms with Gasteiger partial charge in [-0.25, -0.2) is 0 Å². The van der Waals surface area contributed by atoms with Crippen LogP contribution in [0.15, 0.2) is 0 Å². The molecular weight excluding hydrogens is 204 g/mol. The minimum absolute atomic E-state index is 0.103. The van der Waals surface area contributed by atoms with Gasteiger partial charge in [-0.2, -0.15) is 0 Å². The zero-order chi connectivity index (χ0) is 11.6. The third-order valence-corrected chi connectivity index (χ3v) is 2.91. The molecule has 0 spiro atoms. The van der Waals surface area contributed by atoms with Crippen LogP contribution in [0.2, 0.25) is 0 Å². The summed E-state index contributed by atoms with van der Waals surface area (Å²) in [6.45, 7) is 2.07. The van der Waals surface area contributed by atoms with E-state index in [-0.39, 0.29) is 5.91 Å². The first-order valence-electron chi connectivity index (χ1n) is 6.41. The van der Waals surface area contributed by atoms with Crippen molar-refractivity contribution in [3.63, 3.8) is 0 Å².